The van der Waals surface area contributed by atoms with E-state index in [0.717, 1.165) is 11.4 Å². The van der Waals surface area contributed by atoms with E-state index < -0.39 is 5.82 Å². The number of benzene rings is 1. The van der Waals surface area contributed by atoms with Gasteiger partial charge in [-0.05, 0) is 30.2 Å². The summed E-state index contributed by atoms with van der Waals surface area (Å²) in [5.74, 6) is 0.410. The Morgan fingerprint density at radius 3 is 2.91 bits per heavy atom. The van der Waals surface area contributed by atoms with Gasteiger partial charge in [0.25, 0.3) is 0 Å². The van der Waals surface area contributed by atoms with Gasteiger partial charge in [-0.3, -0.25) is 4.79 Å². The maximum absolute atomic E-state index is 13.1. The Labute approximate surface area is 138 Å². The van der Waals surface area contributed by atoms with E-state index in [0.29, 0.717) is 25.9 Å². The number of hydrogen-bond donors (Lipinski definition) is 1. The van der Waals surface area contributed by atoms with E-state index in [1.165, 1.54) is 12.4 Å². The van der Waals surface area contributed by atoms with E-state index in [1.807, 2.05) is 0 Å². The maximum Gasteiger partial charge on any atom is 0.223 e. The maximum atomic E-state index is 13.1. The number of aromatic nitrogens is 2. The zero-order valence-electron chi connectivity index (χ0n) is 12.4. The van der Waals surface area contributed by atoms with Crippen LogP contribution in [0, 0.1) is 5.82 Å². The van der Waals surface area contributed by atoms with Gasteiger partial charge in [-0.1, -0.05) is 17.7 Å². The topological polar surface area (TPSA) is 58.1 Å². The number of aryl methyl sites for hydroxylation is 1. The zero-order chi connectivity index (χ0) is 16.2. The van der Waals surface area contributed by atoms with Crippen LogP contribution in [0.1, 0.15) is 12.0 Å². The van der Waals surface area contributed by atoms with E-state index in [-0.39, 0.29) is 17.0 Å². The van der Waals surface area contributed by atoms with Crippen LogP contribution in [0.25, 0.3) is 0 Å². The first kappa shape index (κ1) is 15.7. The molecule has 1 aliphatic heterocycles. The molecule has 120 valence electrons. The normalized spacial score (nSPS) is 14.4. The zero-order valence-corrected chi connectivity index (χ0v) is 13.1. The van der Waals surface area contributed by atoms with E-state index in [2.05, 4.69) is 15.3 Å². The highest BCUT2D eigenvalue weighted by Crippen LogP contribution is 2.19. The number of hydrogen-bond acceptors (Lipinski definition) is 4. The second-order valence-corrected chi connectivity index (χ2v) is 5.89. The molecule has 0 atom stereocenters. The summed E-state index contributed by atoms with van der Waals surface area (Å²) in [6.45, 7) is 1.32. The third-order valence-electron chi connectivity index (χ3n) is 3.78. The summed E-state index contributed by atoms with van der Waals surface area (Å²) in [6, 6.07) is 6.56. The fraction of sp³-hybridized carbons (Fsp3) is 0.312. The third-order valence-corrected chi connectivity index (χ3v) is 4.07. The molecule has 2 heterocycles. The summed E-state index contributed by atoms with van der Waals surface area (Å²) in [5, 5.41) is 3.34. The first-order valence-electron chi connectivity index (χ1n) is 7.36. The van der Waals surface area contributed by atoms with Crippen molar-refractivity contribution in [3.63, 3.8) is 0 Å². The van der Waals surface area contributed by atoms with E-state index >= 15 is 0 Å². The number of carbonyl (C=O) groups excluding carboxylic acids is 1. The summed E-state index contributed by atoms with van der Waals surface area (Å²) >= 11 is 5.74. The highest BCUT2D eigenvalue weighted by Gasteiger charge is 2.30. The number of rotatable bonds is 5. The number of halogens is 2. The van der Waals surface area contributed by atoms with Crippen molar-refractivity contribution in [3.8, 4) is 0 Å². The van der Waals surface area contributed by atoms with Crippen molar-refractivity contribution in [2.45, 2.75) is 18.9 Å². The van der Waals surface area contributed by atoms with Crippen molar-refractivity contribution in [3.05, 3.63) is 53.2 Å². The number of nitrogens with one attached hydrogen (secondary N) is 1. The van der Waals surface area contributed by atoms with Gasteiger partial charge in [-0.2, -0.15) is 0 Å². The molecule has 7 heteroatoms. The molecule has 0 saturated carbocycles. The van der Waals surface area contributed by atoms with Gasteiger partial charge in [0.2, 0.25) is 5.91 Å². The first-order chi connectivity index (χ1) is 11.1. The lowest BCUT2D eigenvalue weighted by Crippen LogP contribution is -2.57. The van der Waals surface area contributed by atoms with E-state index in [1.54, 1.807) is 29.3 Å². The Morgan fingerprint density at radius 1 is 1.39 bits per heavy atom. The lowest BCUT2D eigenvalue weighted by Gasteiger charge is -2.39. The van der Waals surface area contributed by atoms with Crippen LogP contribution in [-0.2, 0) is 11.2 Å². The van der Waals surface area contributed by atoms with Crippen LogP contribution in [0.2, 0.25) is 5.02 Å². The van der Waals surface area contributed by atoms with Crippen LogP contribution in [0.5, 0.6) is 0 Å². The van der Waals surface area contributed by atoms with Crippen LogP contribution in [0.3, 0.4) is 0 Å². The first-order valence-corrected chi connectivity index (χ1v) is 7.74. The second kappa shape index (κ2) is 6.91. The summed E-state index contributed by atoms with van der Waals surface area (Å²) in [5.41, 5.74) is 0.862. The van der Waals surface area contributed by atoms with Gasteiger partial charge < -0.3 is 10.2 Å². The molecule has 1 aromatic carbocycles. The van der Waals surface area contributed by atoms with Gasteiger partial charge in [-0.15, -0.1) is 0 Å². The fourth-order valence-corrected chi connectivity index (χ4v) is 2.67. The average molecular weight is 335 g/mol. The number of anilines is 1. The van der Waals surface area contributed by atoms with Gasteiger partial charge in [0.15, 0.2) is 0 Å². The number of carbonyl (C=O) groups is 1. The Hall–Kier alpha value is -2.21. The minimum atomic E-state index is -0.442. The quantitative estimate of drug-likeness (QED) is 0.913. The molecule has 1 N–H and O–H groups in total. The van der Waals surface area contributed by atoms with E-state index in [9.17, 15) is 9.18 Å². The van der Waals surface area contributed by atoms with Crippen LogP contribution in [-0.4, -0.2) is 39.9 Å². The molecular weight excluding hydrogens is 319 g/mol. The molecule has 5 nitrogen and oxygen atoms in total. The highest BCUT2D eigenvalue weighted by molar-refractivity contribution is 6.30. The monoisotopic (exact) mass is 334 g/mol. The minimum absolute atomic E-state index is 0.0891. The molecule has 0 bridgehead atoms. The number of nitrogens with zero attached hydrogens (tertiary/aromatic N) is 3. The highest BCUT2D eigenvalue weighted by atomic mass is 35.5. The lowest BCUT2D eigenvalue weighted by molar-refractivity contribution is -0.135. The van der Waals surface area contributed by atoms with Crippen molar-refractivity contribution in [2.75, 3.05) is 18.4 Å². The van der Waals surface area contributed by atoms with Gasteiger partial charge in [0, 0.05) is 25.7 Å². The van der Waals surface area contributed by atoms with Crippen LogP contribution < -0.4 is 5.32 Å². The number of amides is 1. The van der Waals surface area contributed by atoms with Gasteiger partial charge in [0.1, 0.15) is 18.0 Å². The Balaban J connectivity index is 1.43. The van der Waals surface area contributed by atoms with Crippen molar-refractivity contribution in [2.24, 2.45) is 0 Å². The SMILES string of the molecule is O=C(CCc1ccc(F)c(Cl)c1)N1CC(Nc2ccncn2)C1. The van der Waals surface area contributed by atoms with E-state index in [4.69, 9.17) is 11.6 Å². The Morgan fingerprint density at radius 2 is 2.22 bits per heavy atom. The molecule has 3 rings (SSSR count). The van der Waals surface area contributed by atoms with Crippen LogP contribution >= 0.6 is 11.6 Å². The van der Waals surface area contributed by atoms with Crippen molar-refractivity contribution >= 4 is 23.3 Å². The average Bonchev–Trinajstić information content (AvgIpc) is 2.52. The molecule has 23 heavy (non-hydrogen) atoms. The standard InChI is InChI=1S/C16H16ClFN4O/c17-13-7-11(1-3-14(13)18)2-4-16(23)22-8-12(9-22)21-15-5-6-19-10-20-15/h1,3,5-7,10,12H,2,4,8-9H2,(H,19,20,21). The van der Waals surface area contributed by atoms with Crippen LogP contribution in [0.4, 0.5) is 10.2 Å². The van der Waals surface area contributed by atoms with Crippen molar-refractivity contribution < 1.29 is 9.18 Å². The third kappa shape index (κ3) is 3.96. The summed E-state index contributed by atoms with van der Waals surface area (Å²) in [7, 11) is 0. The van der Waals surface area contributed by atoms with Crippen LogP contribution in [0.15, 0.2) is 36.8 Å². The summed E-state index contributed by atoms with van der Waals surface area (Å²) in [4.78, 5) is 21.9. The lowest BCUT2D eigenvalue weighted by atomic mass is 10.1. The molecule has 1 fully saturated rings. The summed E-state index contributed by atoms with van der Waals surface area (Å²) < 4.78 is 13.1. The predicted molar refractivity (Wildman–Crippen MR) is 85.8 cm³/mol. The fourth-order valence-electron chi connectivity index (χ4n) is 2.46. The molecule has 1 saturated heterocycles. The largest absolute Gasteiger partial charge is 0.364 e. The second-order valence-electron chi connectivity index (χ2n) is 5.48. The van der Waals surface area contributed by atoms with Gasteiger partial charge in [0.05, 0.1) is 11.1 Å². The molecule has 0 unspecified atom stereocenters. The minimum Gasteiger partial charge on any atom is -0.364 e. The molecule has 1 aromatic heterocycles. The smallest absolute Gasteiger partial charge is 0.223 e. The van der Waals surface area contributed by atoms with Crippen molar-refractivity contribution in [1.29, 1.82) is 0 Å². The molecule has 0 aliphatic carbocycles. The molecule has 0 spiro atoms. The molecule has 1 amide bonds. The Bertz CT molecular complexity index is 692. The van der Waals surface area contributed by atoms with Gasteiger partial charge >= 0.3 is 0 Å². The Kier molecular flexibility index (Phi) is 4.71. The molecule has 0 radical (unpaired) electrons. The summed E-state index contributed by atoms with van der Waals surface area (Å²) in [6.07, 6.45) is 4.10. The van der Waals surface area contributed by atoms with Crippen molar-refractivity contribution in [1.82, 2.24) is 14.9 Å². The molecular formula is C16H16ClFN4O. The molecule has 1 aliphatic rings. The predicted octanol–water partition coefficient (Wildman–Crippen LogP) is 2.52. The number of likely N-dealkylation sites (tertiary alicyclic amines) is 1. The molecule has 2 aromatic rings. The van der Waals surface area contributed by atoms with Gasteiger partial charge in [-0.25, -0.2) is 14.4 Å².